The van der Waals surface area contributed by atoms with Gasteiger partial charge in [-0.15, -0.1) is 0 Å². The number of halogens is 2. The molecule has 0 aliphatic carbocycles. The first kappa shape index (κ1) is 23.6. The zero-order chi connectivity index (χ0) is 24.2. The zero-order valence-electron chi connectivity index (χ0n) is 18.4. The molecule has 2 aromatic heterocycles. The summed E-state index contributed by atoms with van der Waals surface area (Å²) >= 11 is 12.7. The summed E-state index contributed by atoms with van der Waals surface area (Å²) in [4.78, 5) is 24.3. The first-order chi connectivity index (χ1) is 16.4. The van der Waals surface area contributed by atoms with Crippen molar-refractivity contribution in [3.8, 4) is 5.75 Å². The van der Waals surface area contributed by atoms with E-state index in [1.54, 1.807) is 41.9 Å². The Morgan fingerprint density at radius 2 is 1.94 bits per heavy atom. The number of aryl methyl sites for hydroxylation is 1. The molecule has 0 aliphatic heterocycles. The highest BCUT2D eigenvalue weighted by molar-refractivity contribution is 6.32. The quantitative estimate of drug-likeness (QED) is 0.192. The number of esters is 1. The number of ether oxygens (including phenoxy) is 2. The maximum Gasteiger partial charge on any atom is 0.336 e. The lowest BCUT2D eigenvalue weighted by molar-refractivity contribution is -0.138. The summed E-state index contributed by atoms with van der Waals surface area (Å²) < 4.78 is 17.3. The van der Waals surface area contributed by atoms with Crippen LogP contribution in [-0.4, -0.2) is 22.9 Å². The number of aromatic nitrogens is 2. The van der Waals surface area contributed by atoms with Gasteiger partial charge in [0.05, 0.1) is 19.3 Å². The van der Waals surface area contributed by atoms with Crippen molar-refractivity contribution in [2.24, 2.45) is 0 Å². The summed E-state index contributed by atoms with van der Waals surface area (Å²) in [5.74, 6) is -0.0423. The average molecular weight is 499 g/mol. The van der Waals surface area contributed by atoms with Crippen molar-refractivity contribution in [2.45, 2.75) is 20.1 Å². The largest absolute Gasteiger partial charge is 0.497 e. The summed E-state index contributed by atoms with van der Waals surface area (Å²) in [6.45, 7) is 2.09. The number of benzene rings is 2. The molecule has 0 saturated heterocycles. The number of rotatable bonds is 7. The molecule has 0 aliphatic rings. The van der Waals surface area contributed by atoms with Crippen LogP contribution in [0.2, 0.25) is 10.2 Å². The summed E-state index contributed by atoms with van der Waals surface area (Å²) in [6, 6.07) is 13.8. The fraction of sp³-hybridized carbons (Fsp3) is 0.160. The molecular weight excluding hydrogens is 479 g/mol. The first-order valence-corrected chi connectivity index (χ1v) is 11.0. The second-order valence-electron chi connectivity index (χ2n) is 7.43. The molecule has 174 valence electrons. The van der Waals surface area contributed by atoms with Gasteiger partial charge in [-0.1, -0.05) is 41.4 Å². The second-order valence-corrected chi connectivity index (χ2v) is 8.20. The Balaban J connectivity index is 1.47. The molecule has 34 heavy (non-hydrogen) atoms. The van der Waals surface area contributed by atoms with Crippen molar-refractivity contribution in [1.82, 2.24) is 9.78 Å². The van der Waals surface area contributed by atoms with Crippen LogP contribution in [0.5, 0.6) is 5.75 Å². The molecule has 9 heteroatoms. The summed E-state index contributed by atoms with van der Waals surface area (Å²) in [5, 5.41) is 6.09. The summed E-state index contributed by atoms with van der Waals surface area (Å²) in [6.07, 6.45) is 2.82. The van der Waals surface area contributed by atoms with Gasteiger partial charge in [0, 0.05) is 39.7 Å². The number of nitrogens with zero attached hydrogens (tertiary/aromatic N) is 2. The van der Waals surface area contributed by atoms with Gasteiger partial charge in [-0.25, -0.2) is 14.3 Å². The smallest absolute Gasteiger partial charge is 0.336 e. The molecule has 4 aromatic rings. The van der Waals surface area contributed by atoms with Gasteiger partial charge in [0.15, 0.2) is 0 Å². The van der Waals surface area contributed by atoms with E-state index in [1.807, 2.05) is 18.2 Å². The van der Waals surface area contributed by atoms with E-state index in [9.17, 15) is 9.59 Å². The van der Waals surface area contributed by atoms with Gasteiger partial charge in [0.2, 0.25) is 0 Å². The van der Waals surface area contributed by atoms with E-state index in [0.29, 0.717) is 50.3 Å². The lowest BCUT2D eigenvalue weighted by Gasteiger charge is -2.07. The minimum absolute atomic E-state index is 0.101. The van der Waals surface area contributed by atoms with E-state index in [4.69, 9.17) is 37.1 Å². The molecule has 0 unspecified atom stereocenters. The van der Waals surface area contributed by atoms with Gasteiger partial charge in [0.1, 0.15) is 23.1 Å². The molecule has 0 spiro atoms. The van der Waals surface area contributed by atoms with Crippen molar-refractivity contribution in [3.05, 3.63) is 97.6 Å². The lowest BCUT2D eigenvalue weighted by Crippen LogP contribution is -2.05. The zero-order valence-corrected chi connectivity index (χ0v) is 19.9. The van der Waals surface area contributed by atoms with Crippen molar-refractivity contribution >= 4 is 46.2 Å². The third-order valence-corrected chi connectivity index (χ3v) is 5.95. The van der Waals surface area contributed by atoms with Crippen LogP contribution in [0.25, 0.3) is 17.0 Å². The Morgan fingerprint density at radius 3 is 2.71 bits per heavy atom. The van der Waals surface area contributed by atoms with Crippen molar-refractivity contribution < 1.29 is 18.7 Å². The standard InChI is InChI=1S/C25H20Cl2N2O5/c1-15-19(25(27)29(28-15)13-16-5-3-4-6-21(16)26)9-10-23(30)33-14-17-11-24(31)34-22-12-18(32-2)7-8-20(17)22/h3-12H,13-14H2,1-2H3. The normalized spacial score (nSPS) is 11.3. The Labute approximate surface area is 205 Å². The number of hydrogen-bond acceptors (Lipinski definition) is 6. The first-order valence-electron chi connectivity index (χ1n) is 10.3. The summed E-state index contributed by atoms with van der Waals surface area (Å²) in [7, 11) is 1.52. The van der Waals surface area contributed by atoms with Crippen LogP contribution < -0.4 is 10.4 Å². The average Bonchev–Trinajstić information content (AvgIpc) is 3.09. The van der Waals surface area contributed by atoms with Crippen LogP contribution in [0, 0.1) is 6.92 Å². The molecular formula is C25H20Cl2N2O5. The van der Waals surface area contributed by atoms with Crippen LogP contribution in [0.4, 0.5) is 0 Å². The minimum Gasteiger partial charge on any atom is -0.497 e. The predicted molar refractivity (Wildman–Crippen MR) is 130 cm³/mol. The van der Waals surface area contributed by atoms with Crippen LogP contribution in [0.3, 0.4) is 0 Å². The maximum atomic E-state index is 12.4. The molecule has 0 fully saturated rings. The number of carbonyl (C=O) groups excluding carboxylic acids is 1. The van der Waals surface area contributed by atoms with Gasteiger partial charge >= 0.3 is 11.6 Å². The SMILES string of the molecule is COc1ccc2c(COC(=O)C=Cc3c(C)nn(Cc4ccccc4Cl)c3Cl)cc(=O)oc2c1. The molecule has 7 nitrogen and oxygen atoms in total. The van der Waals surface area contributed by atoms with Crippen LogP contribution >= 0.6 is 23.2 Å². The third-order valence-electron chi connectivity index (χ3n) is 5.18. The summed E-state index contributed by atoms with van der Waals surface area (Å²) in [5.41, 5.74) is 2.46. The van der Waals surface area contributed by atoms with Gasteiger partial charge in [-0.05, 0) is 36.8 Å². The van der Waals surface area contributed by atoms with Crippen LogP contribution in [-0.2, 0) is 22.7 Å². The molecule has 0 bridgehead atoms. The van der Waals surface area contributed by atoms with E-state index in [-0.39, 0.29) is 6.61 Å². The van der Waals surface area contributed by atoms with Crippen LogP contribution in [0.15, 0.2) is 63.8 Å². The monoisotopic (exact) mass is 498 g/mol. The third kappa shape index (κ3) is 5.16. The van der Waals surface area contributed by atoms with Gasteiger partial charge in [-0.2, -0.15) is 5.10 Å². The maximum absolute atomic E-state index is 12.4. The van der Waals surface area contributed by atoms with E-state index < -0.39 is 11.6 Å². The fourth-order valence-corrected chi connectivity index (χ4v) is 3.95. The highest BCUT2D eigenvalue weighted by Gasteiger charge is 2.14. The Bertz CT molecular complexity index is 1460. The van der Waals surface area contributed by atoms with Crippen molar-refractivity contribution in [3.63, 3.8) is 0 Å². The Morgan fingerprint density at radius 1 is 1.15 bits per heavy atom. The van der Waals surface area contributed by atoms with Crippen molar-refractivity contribution in [1.29, 1.82) is 0 Å². The minimum atomic E-state index is -0.593. The van der Waals surface area contributed by atoms with E-state index in [2.05, 4.69) is 5.10 Å². The van der Waals surface area contributed by atoms with E-state index in [0.717, 1.165) is 5.56 Å². The Hall–Kier alpha value is -3.55. The molecule has 0 radical (unpaired) electrons. The highest BCUT2D eigenvalue weighted by atomic mass is 35.5. The number of hydrogen-bond donors (Lipinski definition) is 0. The van der Waals surface area contributed by atoms with Gasteiger partial charge in [-0.3, -0.25) is 0 Å². The number of methoxy groups -OCH3 is 1. The predicted octanol–water partition coefficient (Wildman–Crippen LogP) is 5.42. The molecule has 0 amide bonds. The van der Waals surface area contributed by atoms with E-state index >= 15 is 0 Å². The molecule has 0 atom stereocenters. The van der Waals surface area contributed by atoms with Crippen LogP contribution in [0.1, 0.15) is 22.4 Å². The number of carbonyl (C=O) groups is 1. The molecule has 0 saturated carbocycles. The molecule has 0 N–H and O–H groups in total. The topological polar surface area (TPSA) is 83.6 Å². The molecule has 2 aromatic carbocycles. The van der Waals surface area contributed by atoms with Gasteiger partial charge in [0.25, 0.3) is 0 Å². The van der Waals surface area contributed by atoms with Crippen molar-refractivity contribution in [2.75, 3.05) is 7.11 Å². The van der Waals surface area contributed by atoms with Gasteiger partial charge < -0.3 is 13.9 Å². The highest BCUT2D eigenvalue weighted by Crippen LogP contribution is 2.25. The molecule has 2 heterocycles. The lowest BCUT2D eigenvalue weighted by atomic mass is 10.1. The van der Waals surface area contributed by atoms with E-state index in [1.165, 1.54) is 19.3 Å². The fourth-order valence-electron chi connectivity index (χ4n) is 3.45. The second kappa shape index (κ2) is 10.2. The molecule has 4 rings (SSSR count). The number of fused-ring (bicyclic) bond motifs is 1. The Kier molecular flexibility index (Phi) is 7.05.